The number of carbonyl (C=O) groups excluding carboxylic acids is 2. The predicted octanol–water partition coefficient (Wildman–Crippen LogP) is -0.582. The monoisotopic (exact) mass is 230 g/mol. The third-order valence-electron chi connectivity index (χ3n) is 2.41. The van der Waals surface area contributed by atoms with Crippen molar-refractivity contribution >= 4 is 18.0 Å². The van der Waals surface area contributed by atoms with Crippen molar-refractivity contribution in [3.63, 3.8) is 0 Å². The first-order valence-corrected chi connectivity index (χ1v) is 4.90. The lowest BCUT2D eigenvalue weighted by atomic mass is 10.2. The van der Waals surface area contributed by atoms with E-state index in [4.69, 9.17) is 5.11 Å². The summed E-state index contributed by atoms with van der Waals surface area (Å²) in [6.07, 6.45) is 1.10. The number of aliphatic carboxylic acids is 1. The van der Waals surface area contributed by atoms with Gasteiger partial charge in [-0.2, -0.15) is 0 Å². The van der Waals surface area contributed by atoms with E-state index in [0.29, 0.717) is 19.4 Å². The quantitative estimate of drug-likeness (QED) is 0.632. The Morgan fingerprint density at radius 1 is 1.50 bits per heavy atom. The van der Waals surface area contributed by atoms with Gasteiger partial charge in [0.1, 0.15) is 12.6 Å². The number of methoxy groups -OCH3 is 1. The summed E-state index contributed by atoms with van der Waals surface area (Å²) in [5.74, 6) is -1.59. The fraction of sp³-hybridized carbons (Fsp3) is 0.667. The third-order valence-corrected chi connectivity index (χ3v) is 2.41. The molecular weight excluding hydrogens is 216 g/mol. The Kier molecular flexibility index (Phi) is 4.10. The van der Waals surface area contributed by atoms with Crippen LogP contribution in [0.4, 0.5) is 4.79 Å². The van der Waals surface area contributed by atoms with Crippen molar-refractivity contribution in [3.05, 3.63) is 0 Å². The van der Waals surface area contributed by atoms with E-state index >= 15 is 0 Å². The highest BCUT2D eigenvalue weighted by Gasteiger charge is 2.33. The van der Waals surface area contributed by atoms with E-state index in [1.165, 1.54) is 12.0 Å². The van der Waals surface area contributed by atoms with Crippen LogP contribution in [0, 0.1) is 0 Å². The number of rotatable bonds is 3. The molecule has 0 saturated carbocycles. The average Bonchev–Trinajstić information content (AvgIpc) is 2.74. The van der Waals surface area contributed by atoms with Crippen LogP contribution >= 0.6 is 0 Å². The summed E-state index contributed by atoms with van der Waals surface area (Å²) < 4.78 is 4.35. The number of carboxylic acid groups (broad SMARTS) is 1. The van der Waals surface area contributed by atoms with Gasteiger partial charge in [-0.1, -0.05) is 0 Å². The SMILES string of the molecule is COC(=O)CNC(=O)N1CCC[C@@H]1C(=O)O. The Bertz CT molecular complexity index is 304. The van der Waals surface area contributed by atoms with Gasteiger partial charge in [0, 0.05) is 6.54 Å². The van der Waals surface area contributed by atoms with Gasteiger partial charge in [-0.3, -0.25) is 4.79 Å². The first-order valence-electron chi connectivity index (χ1n) is 4.90. The summed E-state index contributed by atoms with van der Waals surface area (Å²) in [6, 6.07) is -1.34. The van der Waals surface area contributed by atoms with Gasteiger partial charge in [-0.25, -0.2) is 9.59 Å². The molecule has 90 valence electrons. The molecular formula is C9H14N2O5. The maximum absolute atomic E-state index is 11.5. The van der Waals surface area contributed by atoms with Gasteiger partial charge in [0.15, 0.2) is 0 Å². The van der Waals surface area contributed by atoms with Gasteiger partial charge in [-0.15, -0.1) is 0 Å². The highest BCUT2D eigenvalue weighted by atomic mass is 16.5. The number of amides is 2. The summed E-state index contributed by atoms with van der Waals surface area (Å²) in [7, 11) is 1.21. The molecule has 0 radical (unpaired) electrons. The zero-order valence-electron chi connectivity index (χ0n) is 8.93. The number of hydrogen-bond acceptors (Lipinski definition) is 4. The first-order chi connectivity index (χ1) is 7.56. The van der Waals surface area contributed by atoms with Gasteiger partial charge in [0.25, 0.3) is 0 Å². The number of esters is 1. The maximum atomic E-state index is 11.5. The molecule has 0 spiro atoms. The minimum Gasteiger partial charge on any atom is -0.480 e. The number of likely N-dealkylation sites (tertiary alicyclic amines) is 1. The second-order valence-corrected chi connectivity index (χ2v) is 3.42. The second-order valence-electron chi connectivity index (χ2n) is 3.42. The van der Waals surface area contributed by atoms with Crippen LogP contribution in [0.25, 0.3) is 0 Å². The predicted molar refractivity (Wildman–Crippen MR) is 52.8 cm³/mol. The highest BCUT2D eigenvalue weighted by molar-refractivity contribution is 5.85. The van der Waals surface area contributed by atoms with Crippen molar-refractivity contribution in [1.29, 1.82) is 0 Å². The van der Waals surface area contributed by atoms with Crippen molar-refractivity contribution in [2.24, 2.45) is 0 Å². The summed E-state index contributed by atoms with van der Waals surface area (Å²) >= 11 is 0. The van der Waals surface area contributed by atoms with Crippen molar-refractivity contribution in [2.45, 2.75) is 18.9 Å². The molecule has 1 heterocycles. The van der Waals surface area contributed by atoms with Gasteiger partial charge in [0.2, 0.25) is 0 Å². The van der Waals surface area contributed by atoms with E-state index in [-0.39, 0.29) is 6.54 Å². The van der Waals surface area contributed by atoms with E-state index in [0.717, 1.165) is 0 Å². The number of nitrogens with one attached hydrogen (secondary N) is 1. The van der Waals surface area contributed by atoms with Gasteiger partial charge < -0.3 is 20.1 Å². The summed E-state index contributed by atoms with van der Waals surface area (Å²) in [4.78, 5) is 34.3. The van der Waals surface area contributed by atoms with E-state index in [2.05, 4.69) is 10.1 Å². The van der Waals surface area contributed by atoms with Crippen LogP contribution in [0.3, 0.4) is 0 Å². The molecule has 1 aliphatic heterocycles. The standard InChI is InChI=1S/C9H14N2O5/c1-16-7(12)5-10-9(15)11-4-2-3-6(11)8(13)14/h6H,2-5H2,1H3,(H,10,15)(H,13,14)/t6-/m1/s1. The maximum Gasteiger partial charge on any atom is 0.326 e. The van der Waals surface area contributed by atoms with Crippen molar-refractivity contribution in [1.82, 2.24) is 10.2 Å². The Morgan fingerprint density at radius 2 is 2.19 bits per heavy atom. The summed E-state index contributed by atoms with van der Waals surface area (Å²) in [5, 5.41) is 11.2. The van der Waals surface area contributed by atoms with Crippen LogP contribution < -0.4 is 5.32 Å². The molecule has 0 aromatic carbocycles. The number of ether oxygens (including phenoxy) is 1. The number of carboxylic acids is 1. The Hall–Kier alpha value is -1.79. The van der Waals surface area contributed by atoms with Crippen molar-refractivity contribution in [3.8, 4) is 0 Å². The smallest absolute Gasteiger partial charge is 0.326 e. The molecule has 7 heteroatoms. The van der Waals surface area contributed by atoms with Crippen LogP contribution in [0.5, 0.6) is 0 Å². The highest BCUT2D eigenvalue weighted by Crippen LogP contribution is 2.16. The molecule has 1 aliphatic rings. The minimum atomic E-state index is -1.02. The van der Waals surface area contributed by atoms with Crippen LogP contribution in [0.15, 0.2) is 0 Å². The Labute approximate surface area is 92.4 Å². The molecule has 0 aliphatic carbocycles. The summed E-state index contributed by atoms with van der Waals surface area (Å²) in [6.45, 7) is 0.141. The first kappa shape index (κ1) is 12.3. The zero-order valence-corrected chi connectivity index (χ0v) is 8.93. The minimum absolute atomic E-state index is 0.252. The topological polar surface area (TPSA) is 95.9 Å². The molecule has 2 amide bonds. The normalized spacial score (nSPS) is 19.3. The molecule has 2 N–H and O–H groups in total. The molecule has 1 fully saturated rings. The largest absolute Gasteiger partial charge is 0.480 e. The van der Waals surface area contributed by atoms with E-state index in [1.54, 1.807) is 0 Å². The fourth-order valence-electron chi connectivity index (χ4n) is 1.59. The molecule has 0 unspecified atom stereocenters. The van der Waals surface area contributed by atoms with E-state index in [9.17, 15) is 14.4 Å². The van der Waals surface area contributed by atoms with Gasteiger partial charge in [-0.05, 0) is 12.8 Å². The Balaban J connectivity index is 2.47. The van der Waals surface area contributed by atoms with Crippen molar-refractivity contribution < 1.29 is 24.2 Å². The molecule has 1 atom stereocenters. The summed E-state index contributed by atoms with van der Waals surface area (Å²) in [5.41, 5.74) is 0. The van der Waals surface area contributed by atoms with Crippen LogP contribution in [0.2, 0.25) is 0 Å². The third kappa shape index (κ3) is 2.85. The number of nitrogens with zero attached hydrogens (tertiary/aromatic N) is 1. The lowest BCUT2D eigenvalue weighted by molar-refractivity contribution is -0.141. The number of carbonyl (C=O) groups is 3. The van der Waals surface area contributed by atoms with Crippen LogP contribution in [0.1, 0.15) is 12.8 Å². The average molecular weight is 230 g/mol. The molecule has 16 heavy (non-hydrogen) atoms. The number of hydrogen-bond donors (Lipinski definition) is 2. The number of urea groups is 1. The van der Waals surface area contributed by atoms with Crippen molar-refractivity contribution in [2.75, 3.05) is 20.2 Å². The van der Waals surface area contributed by atoms with E-state index in [1.807, 2.05) is 0 Å². The molecule has 0 aromatic heterocycles. The molecule has 7 nitrogen and oxygen atoms in total. The lowest BCUT2D eigenvalue weighted by Crippen LogP contribution is -2.47. The molecule has 0 aromatic rings. The Morgan fingerprint density at radius 3 is 2.75 bits per heavy atom. The molecule has 1 saturated heterocycles. The van der Waals surface area contributed by atoms with E-state index < -0.39 is 24.0 Å². The molecule has 1 rings (SSSR count). The van der Waals surface area contributed by atoms with Gasteiger partial charge in [0.05, 0.1) is 7.11 Å². The lowest BCUT2D eigenvalue weighted by Gasteiger charge is -2.21. The second kappa shape index (κ2) is 5.34. The fourth-order valence-corrected chi connectivity index (χ4v) is 1.59. The zero-order chi connectivity index (χ0) is 12.1. The van der Waals surface area contributed by atoms with Crippen LogP contribution in [-0.2, 0) is 14.3 Å². The van der Waals surface area contributed by atoms with Crippen LogP contribution in [-0.4, -0.2) is 54.2 Å². The molecule has 0 bridgehead atoms. The van der Waals surface area contributed by atoms with Gasteiger partial charge >= 0.3 is 18.0 Å².